The molecule has 0 aliphatic carbocycles. The number of piperidine rings is 1. The van der Waals surface area contributed by atoms with E-state index in [1.807, 2.05) is 0 Å². The van der Waals surface area contributed by atoms with Crippen molar-refractivity contribution in [3.8, 4) is 0 Å². The van der Waals surface area contributed by atoms with Gasteiger partial charge in [0, 0.05) is 31.8 Å². The van der Waals surface area contributed by atoms with Crippen LogP contribution in [0.5, 0.6) is 0 Å². The number of hydrogen-bond donors (Lipinski definition) is 1. The fourth-order valence-electron chi connectivity index (χ4n) is 2.56. The van der Waals surface area contributed by atoms with Crippen LogP contribution in [0, 0.1) is 21.8 Å². The third-order valence-corrected chi connectivity index (χ3v) is 5.57. The number of benzene rings is 1. The second-order valence-electron chi connectivity index (χ2n) is 5.59. The van der Waals surface area contributed by atoms with Crippen LogP contribution in [0.1, 0.15) is 12.8 Å². The minimum absolute atomic E-state index is 0.0321. The van der Waals surface area contributed by atoms with Crippen molar-refractivity contribution in [2.24, 2.45) is 5.92 Å². The lowest BCUT2D eigenvalue weighted by Crippen LogP contribution is -2.45. The molecule has 0 spiro atoms. The number of alkyl halides is 3. The molecule has 1 fully saturated rings. The van der Waals surface area contributed by atoms with E-state index in [2.05, 4.69) is 5.32 Å². The standard InChI is InChI=1S/C13H15F4N3O4S/c14-10-1-2-12(20(21)22)11(7-10)18-8-9-3-5-19(6-4-9)25(23,24)13(15,16)17/h1-2,7,9,18H,3-6,8H2. The smallest absolute Gasteiger partial charge is 0.379 e. The van der Waals surface area contributed by atoms with Crippen LogP contribution in [0.3, 0.4) is 0 Å². The first-order valence-electron chi connectivity index (χ1n) is 7.26. The lowest BCUT2D eigenvalue weighted by molar-refractivity contribution is -0.384. The molecular formula is C13H15F4N3O4S. The SMILES string of the molecule is O=[N+]([O-])c1ccc(F)cc1NCC1CCN(S(=O)(=O)C(F)(F)F)CC1. The molecule has 140 valence electrons. The van der Waals surface area contributed by atoms with E-state index >= 15 is 0 Å². The third kappa shape index (κ3) is 4.37. The number of rotatable bonds is 5. The molecule has 1 aliphatic heterocycles. The van der Waals surface area contributed by atoms with Gasteiger partial charge >= 0.3 is 15.5 Å². The van der Waals surface area contributed by atoms with Gasteiger partial charge < -0.3 is 5.32 Å². The number of sulfonamides is 1. The largest absolute Gasteiger partial charge is 0.511 e. The zero-order valence-electron chi connectivity index (χ0n) is 12.8. The maximum atomic E-state index is 13.2. The Labute approximate surface area is 140 Å². The minimum Gasteiger partial charge on any atom is -0.379 e. The predicted octanol–water partition coefficient (Wildman–Crippen LogP) is 2.71. The Morgan fingerprint density at radius 2 is 1.88 bits per heavy atom. The molecule has 12 heteroatoms. The minimum atomic E-state index is -5.34. The van der Waals surface area contributed by atoms with E-state index < -0.39 is 26.3 Å². The number of hydrogen-bond acceptors (Lipinski definition) is 5. The normalized spacial score (nSPS) is 17.4. The van der Waals surface area contributed by atoms with Crippen molar-refractivity contribution < 1.29 is 30.9 Å². The van der Waals surface area contributed by atoms with E-state index in [1.165, 1.54) is 0 Å². The van der Waals surface area contributed by atoms with E-state index in [9.17, 15) is 36.1 Å². The molecule has 0 unspecified atom stereocenters. The zero-order chi connectivity index (χ0) is 18.8. The molecule has 1 saturated heterocycles. The summed E-state index contributed by atoms with van der Waals surface area (Å²) in [5.41, 5.74) is -5.69. The van der Waals surface area contributed by atoms with E-state index in [0.29, 0.717) is 4.31 Å². The highest BCUT2D eigenvalue weighted by Gasteiger charge is 2.50. The summed E-state index contributed by atoms with van der Waals surface area (Å²) in [4.78, 5) is 10.2. The van der Waals surface area contributed by atoms with Crippen LogP contribution in [0.4, 0.5) is 28.9 Å². The highest BCUT2D eigenvalue weighted by molar-refractivity contribution is 7.90. The van der Waals surface area contributed by atoms with Crippen LogP contribution >= 0.6 is 0 Å². The van der Waals surface area contributed by atoms with Crippen LogP contribution in [0.15, 0.2) is 18.2 Å². The van der Waals surface area contributed by atoms with Crippen LogP contribution in [0.25, 0.3) is 0 Å². The average Bonchev–Trinajstić information content (AvgIpc) is 2.52. The van der Waals surface area contributed by atoms with Crippen LogP contribution < -0.4 is 5.32 Å². The average molecular weight is 385 g/mol. The molecule has 2 rings (SSSR count). The molecule has 0 amide bonds. The number of nitro benzene ring substituents is 1. The Hall–Kier alpha value is -1.95. The van der Waals surface area contributed by atoms with Crippen LogP contribution in [-0.4, -0.2) is 42.8 Å². The van der Waals surface area contributed by atoms with Gasteiger partial charge in [-0.2, -0.15) is 17.5 Å². The highest BCUT2D eigenvalue weighted by atomic mass is 32.2. The third-order valence-electron chi connectivity index (χ3n) is 3.94. The Bertz CT molecular complexity index is 746. The molecule has 1 N–H and O–H groups in total. The van der Waals surface area contributed by atoms with Crippen molar-refractivity contribution in [1.29, 1.82) is 0 Å². The first kappa shape index (κ1) is 19.4. The summed E-state index contributed by atoms with van der Waals surface area (Å²) < 4.78 is 73.8. The van der Waals surface area contributed by atoms with E-state index in [1.54, 1.807) is 0 Å². The van der Waals surface area contributed by atoms with E-state index in [0.717, 1.165) is 18.2 Å². The van der Waals surface area contributed by atoms with Gasteiger partial charge in [-0.05, 0) is 24.8 Å². The molecule has 0 aromatic heterocycles. The Morgan fingerprint density at radius 1 is 1.28 bits per heavy atom. The maximum absolute atomic E-state index is 13.2. The number of nitrogens with zero attached hydrogens (tertiary/aromatic N) is 2. The fraction of sp³-hybridized carbons (Fsp3) is 0.538. The van der Waals surface area contributed by atoms with Gasteiger partial charge in [0.2, 0.25) is 0 Å². The lowest BCUT2D eigenvalue weighted by Gasteiger charge is -2.31. The zero-order valence-corrected chi connectivity index (χ0v) is 13.6. The molecule has 1 aromatic carbocycles. The summed E-state index contributed by atoms with van der Waals surface area (Å²) in [5, 5.41) is 13.6. The molecule has 0 saturated carbocycles. The van der Waals surface area contributed by atoms with Gasteiger partial charge in [-0.3, -0.25) is 10.1 Å². The van der Waals surface area contributed by atoms with Crippen molar-refractivity contribution in [3.05, 3.63) is 34.1 Å². The van der Waals surface area contributed by atoms with Gasteiger partial charge in [0.05, 0.1) is 4.92 Å². The number of nitrogens with one attached hydrogen (secondary N) is 1. The monoisotopic (exact) mass is 385 g/mol. The van der Waals surface area contributed by atoms with Crippen LogP contribution in [0.2, 0.25) is 0 Å². The van der Waals surface area contributed by atoms with Gasteiger partial charge in [0.1, 0.15) is 11.5 Å². The molecule has 0 radical (unpaired) electrons. The Kier molecular flexibility index (Phi) is 5.52. The molecule has 1 heterocycles. The lowest BCUT2D eigenvalue weighted by atomic mass is 9.98. The van der Waals surface area contributed by atoms with Crippen molar-refractivity contribution in [1.82, 2.24) is 4.31 Å². The van der Waals surface area contributed by atoms with Crippen LogP contribution in [-0.2, 0) is 10.0 Å². The van der Waals surface area contributed by atoms with Gasteiger partial charge in [0.15, 0.2) is 0 Å². The molecule has 1 aromatic rings. The number of anilines is 1. The summed E-state index contributed by atoms with van der Waals surface area (Å²) in [6.07, 6.45) is 0.316. The van der Waals surface area contributed by atoms with Gasteiger partial charge in [-0.1, -0.05) is 0 Å². The Morgan fingerprint density at radius 3 is 2.40 bits per heavy atom. The fourth-order valence-corrected chi connectivity index (χ4v) is 3.55. The summed E-state index contributed by atoms with van der Waals surface area (Å²) in [6.45, 7) is -0.428. The molecular weight excluding hydrogens is 370 g/mol. The number of nitro groups is 1. The van der Waals surface area contributed by atoms with Gasteiger partial charge in [0.25, 0.3) is 5.69 Å². The molecule has 1 aliphatic rings. The van der Waals surface area contributed by atoms with Gasteiger partial charge in [-0.15, -0.1) is 0 Å². The molecule has 7 nitrogen and oxygen atoms in total. The topological polar surface area (TPSA) is 92.6 Å². The predicted molar refractivity (Wildman–Crippen MR) is 80.8 cm³/mol. The highest BCUT2D eigenvalue weighted by Crippen LogP contribution is 2.31. The summed E-state index contributed by atoms with van der Waals surface area (Å²) in [5.74, 6) is -0.859. The molecule has 0 atom stereocenters. The summed E-state index contributed by atoms with van der Waals surface area (Å²) in [6, 6.07) is 2.92. The van der Waals surface area contributed by atoms with Gasteiger partial charge in [-0.25, -0.2) is 12.8 Å². The van der Waals surface area contributed by atoms with Crippen molar-refractivity contribution >= 4 is 21.4 Å². The van der Waals surface area contributed by atoms with Crippen molar-refractivity contribution in [3.63, 3.8) is 0 Å². The summed E-state index contributed by atoms with van der Waals surface area (Å²) in [7, 11) is -5.34. The molecule has 25 heavy (non-hydrogen) atoms. The first-order chi connectivity index (χ1) is 11.5. The maximum Gasteiger partial charge on any atom is 0.511 e. The van der Waals surface area contributed by atoms with E-state index in [4.69, 9.17) is 0 Å². The number of halogens is 4. The second-order valence-corrected chi connectivity index (χ2v) is 7.52. The molecule has 0 bridgehead atoms. The Balaban J connectivity index is 1.96. The van der Waals surface area contributed by atoms with E-state index in [-0.39, 0.29) is 49.8 Å². The first-order valence-corrected chi connectivity index (χ1v) is 8.70. The van der Waals surface area contributed by atoms with Crippen molar-refractivity contribution in [2.45, 2.75) is 18.3 Å². The second kappa shape index (κ2) is 7.12. The quantitative estimate of drug-likeness (QED) is 0.478. The summed E-state index contributed by atoms with van der Waals surface area (Å²) >= 11 is 0. The van der Waals surface area contributed by atoms with Crippen molar-refractivity contribution in [2.75, 3.05) is 25.0 Å².